The number of carbonyl (C=O) groups is 1. The van der Waals surface area contributed by atoms with Crippen molar-refractivity contribution in [3.05, 3.63) is 41.7 Å². The Kier molecular flexibility index (Phi) is 2.72. The van der Waals surface area contributed by atoms with E-state index in [1.54, 1.807) is 25.2 Å². The van der Waals surface area contributed by atoms with E-state index in [4.69, 9.17) is 0 Å². The molecule has 0 radical (unpaired) electrons. The molecule has 4 rings (SSSR count). The summed E-state index contributed by atoms with van der Waals surface area (Å²) in [6.45, 7) is 0.400. The van der Waals surface area contributed by atoms with Crippen molar-refractivity contribution in [3.8, 4) is 0 Å². The third-order valence-electron chi connectivity index (χ3n) is 4.44. The molecule has 2 aromatic rings. The number of sulfonamides is 1. The minimum atomic E-state index is -3.64. The summed E-state index contributed by atoms with van der Waals surface area (Å²) in [7, 11) is -1.96. The quantitative estimate of drug-likeness (QED) is 0.845. The van der Waals surface area contributed by atoms with Crippen LogP contribution in [0.25, 0.3) is 0 Å². The lowest BCUT2D eigenvalue weighted by atomic mass is 9.83. The molecule has 2 heterocycles. The summed E-state index contributed by atoms with van der Waals surface area (Å²) in [5.74, 6) is 0.212. The molecule has 0 spiro atoms. The summed E-state index contributed by atoms with van der Waals surface area (Å²) >= 11 is 0. The van der Waals surface area contributed by atoms with Crippen LogP contribution < -0.4 is 4.31 Å². The monoisotopic (exact) mass is 317 g/mol. The summed E-state index contributed by atoms with van der Waals surface area (Å²) in [4.78, 5) is 12.2. The maximum atomic E-state index is 12.9. The maximum absolute atomic E-state index is 12.9. The van der Waals surface area contributed by atoms with Crippen molar-refractivity contribution in [1.29, 1.82) is 0 Å². The lowest BCUT2D eigenvalue weighted by molar-refractivity contribution is 0.0968. The van der Waals surface area contributed by atoms with Crippen LogP contribution in [0.4, 0.5) is 5.69 Å². The molecule has 0 saturated heterocycles. The van der Waals surface area contributed by atoms with Crippen molar-refractivity contribution >= 4 is 21.5 Å². The highest BCUT2D eigenvalue weighted by atomic mass is 32.2. The van der Waals surface area contributed by atoms with Crippen LogP contribution in [0.15, 0.2) is 35.5 Å². The van der Waals surface area contributed by atoms with Crippen molar-refractivity contribution in [3.63, 3.8) is 0 Å². The van der Waals surface area contributed by atoms with Gasteiger partial charge in [-0.05, 0) is 18.1 Å². The van der Waals surface area contributed by atoms with Gasteiger partial charge >= 0.3 is 0 Å². The predicted molar refractivity (Wildman–Crippen MR) is 80.5 cm³/mol. The van der Waals surface area contributed by atoms with Crippen molar-refractivity contribution in [2.75, 3.05) is 10.8 Å². The average molecular weight is 317 g/mol. The van der Waals surface area contributed by atoms with Gasteiger partial charge < -0.3 is 0 Å². The molecule has 6 nitrogen and oxygen atoms in total. The molecular formula is C15H15N3O3S. The number of anilines is 1. The van der Waals surface area contributed by atoms with E-state index in [0.29, 0.717) is 30.6 Å². The number of aryl methyl sites for hydroxylation is 1. The molecule has 0 N–H and O–H groups in total. The van der Waals surface area contributed by atoms with Crippen LogP contribution in [0.2, 0.25) is 0 Å². The largest absolute Gasteiger partial charge is 0.294 e. The molecule has 22 heavy (non-hydrogen) atoms. The van der Waals surface area contributed by atoms with E-state index in [1.165, 1.54) is 21.4 Å². The summed E-state index contributed by atoms with van der Waals surface area (Å²) in [6, 6.07) is 5.34. The molecule has 1 atom stereocenters. The highest BCUT2D eigenvalue weighted by Crippen LogP contribution is 2.46. The summed E-state index contributed by atoms with van der Waals surface area (Å²) < 4.78 is 28.6. The van der Waals surface area contributed by atoms with Gasteiger partial charge in [0.1, 0.15) is 4.90 Å². The van der Waals surface area contributed by atoms with Crippen molar-refractivity contribution in [1.82, 2.24) is 9.78 Å². The third kappa shape index (κ3) is 1.75. The smallest absolute Gasteiger partial charge is 0.267 e. The molecule has 0 unspecified atom stereocenters. The Morgan fingerprint density at radius 3 is 2.86 bits per heavy atom. The van der Waals surface area contributed by atoms with Crippen molar-refractivity contribution in [2.24, 2.45) is 7.05 Å². The Balaban J connectivity index is 1.87. The molecule has 1 aliphatic carbocycles. The lowest BCUT2D eigenvalue weighted by Crippen LogP contribution is -2.29. The highest BCUT2D eigenvalue weighted by Gasteiger charge is 2.41. The van der Waals surface area contributed by atoms with Crippen LogP contribution in [0.1, 0.15) is 34.7 Å². The van der Waals surface area contributed by atoms with Gasteiger partial charge in [0.15, 0.2) is 5.78 Å². The zero-order valence-electron chi connectivity index (χ0n) is 12.1. The maximum Gasteiger partial charge on any atom is 0.267 e. The first-order valence-corrected chi connectivity index (χ1v) is 8.60. The van der Waals surface area contributed by atoms with Gasteiger partial charge in [0, 0.05) is 37.7 Å². The van der Waals surface area contributed by atoms with E-state index in [2.05, 4.69) is 5.10 Å². The van der Waals surface area contributed by atoms with Crippen LogP contribution in [0, 0.1) is 0 Å². The van der Waals surface area contributed by atoms with E-state index >= 15 is 0 Å². The van der Waals surface area contributed by atoms with Crippen molar-refractivity contribution < 1.29 is 13.2 Å². The van der Waals surface area contributed by atoms with Gasteiger partial charge in [-0.25, -0.2) is 8.42 Å². The number of ketones is 1. The lowest BCUT2D eigenvalue weighted by Gasteiger charge is -2.18. The number of Topliss-reactive ketones (excluding diaryl/α,β-unsaturated/α-hetero) is 1. The number of hydrogen-bond acceptors (Lipinski definition) is 4. The van der Waals surface area contributed by atoms with Crippen LogP contribution in [-0.4, -0.2) is 30.5 Å². The first kappa shape index (κ1) is 13.5. The van der Waals surface area contributed by atoms with Gasteiger partial charge in [0.25, 0.3) is 10.0 Å². The van der Waals surface area contributed by atoms with Gasteiger partial charge in [-0.2, -0.15) is 5.10 Å². The first-order valence-electron chi connectivity index (χ1n) is 7.16. The van der Waals surface area contributed by atoms with Gasteiger partial charge in [0.2, 0.25) is 0 Å². The third-order valence-corrected chi connectivity index (χ3v) is 6.17. The Labute approximate surface area is 128 Å². The van der Waals surface area contributed by atoms with Crippen LogP contribution in [-0.2, 0) is 17.1 Å². The average Bonchev–Trinajstić information content (AvgIpc) is 3.09. The summed E-state index contributed by atoms with van der Waals surface area (Å²) in [6.07, 6.45) is 4.05. The van der Waals surface area contributed by atoms with Gasteiger partial charge in [-0.15, -0.1) is 0 Å². The second-order valence-electron chi connectivity index (χ2n) is 5.78. The van der Waals surface area contributed by atoms with E-state index < -0.39 is 10.0 Å². The molecular weight excluding hydrogens is 302 g/mol. The number of rotatable bonds is 2. The number of benzene rings is 1. The van der Waals surface area contributed by atoms with E-state index in [1.807, 2.05) is 0 Å². The number of carbonyl (C=O) groups excluding carboxylic acids is 1. The zero-order chi connectivity index (χ0) is 15.5. The highest BCUT2D eigenvalue weighted by molar-refractivity contribution is 7.92. The molecule has 2 aliphatic rings. The van der Waals surface area contributed by atoms with E-state index in [-0.39, 0.29) is 16.6 Å². The Hall–Kier alpha value is -2.15. The molecule has 7 heteroatoms. The van der Waals surface area contributed by atoms with E-state index in [0.717, 1.165) is 5.56 Å². The SMILES string of the molecule is Cn1cc(S(=O)(=O)N2C[C@@H]3CCC(=O)c4cccc2c43)cn1. The molecule has 0 bridgehead atoms. The topological polar surface area (TPSA) is 72.3 Å². The van der Waals surface area contributed by atoms with Crippen LogP contribution >= 0.6 is 0 Å². The van der Waals surface area contributed by atoms with Crippen LogP contribution in [0.5, 0.6) is 0 Å². The fraction of sp³-hybridized carbons (Fsp3) is 0.333. The Morgan fingerprint density at radius 1 is 1.32 bits per heavy atom. The minimum Gasteiger partial charge on any atom is -0.294 e. The molecule has 0 amide bonds. The second kappa shape index (κ2) is 4.42. The van der Waals surface area contributed by atoms with Crippen LogP contribution in [0.3, 0.4) is 0 Å². The second-order valence-corrected chi connectivity index (χ2v) is 7.65. The normalized spacial score (nSPS) is 20.3. The number of hydrogen-bond donors (Lipinski definition) is 0. The Morgan fingerprint density at radius 2 is 2.14 bits per heavy atom. The fourth-order valence-corrected chi connectivity index (χ4v) is 4.91. The van der Waals surface area contributed by atoms with Gasteiger partial charge in [-0.3, -0.25) is 13.8 Å². The summed E-state index contributed by atoms with van der Waals surface area (Å²) in [5.41, 5.74) is 2.21. The number of aromatic nitrogens is 2. The molecule has 0 fully saturated rings. The fourth-order valence-electron chi connectivity index (χ4n) is 3.39. The van der Waals surface area contributed by atoms with E-state index in [9.17, 15) is 13.2 Å². The standard InChI is InChI=1S/C15H15N3O3S/c1-17-9-11(7-16-17)22(20,21)18-8-10-5-6-14(19)12-3-2-4-13(18)15(10)12/h2-4,7,9-10H,5-6,8H2,1H3/t10-/m0/s1. The molecule has 0 saturated carbocycles. The predicted octanol–water partition coefficient (Wildman–Crippen LogP) is 1.69. The molecule has 1 aromatic heterocycles. The number of nitrogens with zero attached hydrogens (tertiary/aromatic N) is 3. The molecule has 1 aliphatic heterocycles. The molecule has 114 valence electrons. The first-order chi connectivity index (χ1) is 10.5. The van der Waals surface area contributed by atoms with Gasteiger partial charge in [-0.1, -0.05) is 12.1 Å². The van der Waals surface area contributed by atoms with Gasteiger partial charge in [0.05, 0.1) is 11.9 Å². The summed E-state index contributed by atoms with van der Waals surface area (Å²) in [5, 5.41) is 3.95. The Bertz CT molecular complexity index is 885. The van der Waals surface area contributed by atoms with Crippen molar-refractivity contribution in [2.45, 2.75) is 23.7 Å². The molecule has 1 aromatic carbocycles. The minimum absolute atomic E-state index is 0.105. The zero-order valence-corrected chi connectivity index (χ0v) is 12.9.